The molecule has 0 bridgehead atoms. The van der Waals surface area contributed by atoms with Crippen molar-refractivity contribution < 1.29 is 4.42 Å². The fourth-order valence-electron chi connectivity index (χ4n) is 2.48. The number of aryl methyl sites for hydroxylation is 1. The molecular weight excluding hydrogens is 445 g/mol. The summed E-state index contributed by atoms with van der Waals surface area (Å²) in [6.07, 6.45) is 3.64. The zero-order valence-electron chi connectivity index (χ0n) is 15.1. The lowest BCUT2D eigenvalue weighted by Gasteiger charge is -2.22. The van der Waals surface area contributed by atoms with Crippen molar-refractivity contribution in [3.8, 4) is 11.6 Å². The van der Waals surface area contributed by atoms with Gasteiger partial charge in [-0.2, -0.15) is 0 Å². The molecule has 140 valence electrons. The van der Waals surface area contributed by atoms with Crippen LogP contribution in [0.3, 0.4) is 0 Å². The molecule has 0 aliphatic carbocycles. The maximum Gasteiger partial charge on any atom is 0.216 e. The van der Waals surface area contributed by atoms with Crippen LogP contribution in [0.2, 0.25) is 0 Å². The van der Waals surface area contributed by atoms with Gasteiger partial charge in [0.2, 0.25) is 5.82 Å². The fraction of sp³-hybridized carbons (Fsp3) is 0.353. The standard InChI is InChI=1S/C17H23N7O.HI/c1-4-18-17(24(3)12-13-7-5-9-23(13)2)19-11-15-20-16(22-21-15)14-8-6-10-25-14;/h5-10H,4,11-12H2,1-3H3,(H,18,19)(H,20,21,22);1H. The van der Waals surface area contributed by atoms with Gasteiger partial charge in [-0.25, -0.2) is 9.98 Å². The Morgan fingerprint density at radius 3 is 2.88 bits per heavy atom. The summed E-state index contributed by atoms with van der Waals surface area (Å²) in [5.41, 5.74) is 1.22. The molecule has 8 nitrogen and oxygen atoms in total. The molecule has 0 spiro atoms. The highest BCUT2D eigenvalue weighted by Crippen LogP contribution is 2.14. The number of halogens is 1. The summed E-state index contributed by atoms with van der Waals surface area (Å²) < 4.78 is 7.40. The van der Waals surface area contributed by atoms with Crippen LogP contribution in [0, 0.1) is 0 Å². The van der Waals surface area contributed by atoms with Gasteiger partial charge in [0.1, 0.15) is 12.4 Å². The van der Waals surface area contributed by atoms with Crippen molar-refractivity contribution in [3.63, 3.8) is 0 Å². The van der Waals surface area contributed by atoms with E-state index in [0.717, 1.165) is 19.0 Å². The number of aromatic nitrogens is 4. The Balaban J connectivity index is 0.00000243. The maximum absolute atomic E-state index is 5.30. The maximum atomic E-state index is 5.30. The van der Waals surface area contributed by atoms with Gasteiger partial charge < -0.3 is 19.2 Å². The molecule has 0 amide bonds. The van der Waals surface area contributed by atoms with Gasteiger partial charge >= 0.3 is 0 Å². The molecule has 0 unspecified atom stereocenters. The van der Waals surface area contributed by atoms with Crippen LogP contribution >= 0.6 is 24.0 Å². The van der Waals surface area contributed by atoms with E-state index in [1.807, 2.05) is 38.5 Å². The molecule has 26 heavy (non-hydrogen) atoms. The largest absolute Gasteiger partial charge is 0.461 e. The monoisotopic (exact) mass is 469 g/mol. The number of hydrogen-bond donors (Lipinski definition) is 2. The van der Waals surface area contributed by atoms with Crippen LogP contribution in [0.15, 0.2) is 46.1 Å². The smallest absolute Gasteiger partial charge is 0.216 e. The number of hydrogen-bond acceptors (Lipinski definition) is 4. The van der Waals surface area contributed by atoms with Gasteiger partial charge in [-0.15, -0.1) is 29.1 Å². The highest BCUT2D eigenvalue weighted by Gasteiger charge is 2.10. The zero-order valence-corrected chi connectivity index (χ0v) is 17.5. The van der Waals surface area contributed by atoms with Crippen LogP contribution in [0.5, 0.6) is 0 Å². The van der Waals surface area contributed by atoms with E-state index >= 15 is 0 Å². The van der Waals surface area contributed by atoms with Crippen molar-refractivity contribution in [1.29, 1.82) is 0 Å². The summed E-state index contributed by atoms with van der Waals surface area (Å²) in [7, 11) is 4.06. The zero-order chi connectivity index (χ0) is 17.6. The van der Waals surface area contributed by atoms with E-state index in [2.05, 4.69) is 47.9 Å². The summed E-state index contributed by atoms with van der Waals surface area (Å²) in [6, 6.07) is 7.78. The highest BCUT2D eigenvalue weighted by atomic mass is 127. The normalized spacial score (nSPS) is 11.3. The number of H-pyrrole nitrogens is 1. The van der Waals surface area contributed by atoms with Gasteiger partial charge in [0.05, 0.1) is 12.8 Å². The molecule has 3 aromatic heterocycles. The lowest BCUT2D eigenvalue weighted by molar-refractivity contribution is 0.461. The Kier molecular flexibility index (Phi) is 7.25. The fourth-order valence-corrected chi connectivity index (χ4v) is 2.48. The third-order valence-corrected chi connectivity index (χ3v) is 3.80. The Morgan fingerprint density at radius 1 is 1.38 bits per heavy atom. The average molecular weight is 469 g/mol. The highest BCUT2D eigenvalue weighted by molar-refractivity contribution is 14.0. The molecular formula is C17H24IN7O. The molecule has 0 saturated heterocycles. The average Bonchev–Trinajstić information content (AvgIpc) is 3.33. The van der Waals surface area contributed by atoms with Crippen LogP contribution in [0.4, 0.5) is 0 Å². The van der Waals surface area contributed by atoms with Crippen molar-refractivity contribution in [2.45, 2.75) is 20.0 Å². The minimum atomic E-state index is 0. The summed E-state index contributed by atoms with van der Waals surface area (Å²) in [4.78, 5) is 11.1. The van der Waals surface area contributed by atoms with Gasteiger partial charge in [0.15, 0.2) is 11.7 Å². The molecule has 3 rings (SSSR count). The molecule has 0 aliphatic heterocycles. The predicted molar refractivity (Wildman–Crippen MR) is 111 cm³/mol. The molecule has 3 aromatic rings. The molecule has 0 atom stereocenters. The quantitative estimate of drug-likeness (QED) is 0.329. The second-order valence-electron chi connectivity index (χ2n) is 5.72. The first-order valence-electron chi connectivity index (χ1n) is 8.22. The van der Waals surface area contributed by atoms with Crippen LogP contribution in [0.1, 0.15) is 18.4 Å². The minimum Gasteiger partial charge on any atom is -0.461 e. The van der Waals surface area contributed by atoms with Crippen LogP contribution < -0.4 is 5.32 Å². The first-order valence-corrected chi connectivity index (χ1v) is 8.22. The Bertz CT molecular complexity index is 822. The van der Waals surface area contributed by atoms with Gasteiger partial charge in [-0.3, -0.25) is 5.10 Å². The Morgan fingerprint density at radius 2 is 2.23 bits per heavy atom. The molecule has 2 N–H and O–H groups in total. The summed E-state index contributed by atoms with van der Waals surface area (Å²) in [5, 5.41) is 10.4. The number of aromatic amines is 1. The van der Waals surface area contributed by atoms with Crippen LogP contribution in [0.25, 0.3) is 11.6 Å². The SMILES string of the molecule is CCNC(=NCc1nc(-c2ccco2)n[nH]1)N(C)Cc1cccn1C.I. The number of aliphatic imine (C=N–C) groups is 1. The second kappa shape index (κ2) is 9.41. The van der Waals surface area contributed by atoms with E-state index in [9.17, 15) is 0 Å². The van der Waals surface area contributed by atoms with Crippen molar-refractivity contribution in [1.82, 2.24) is 30.0 Å². The second-order valence-corrected chi connectivity index (χ2v) is 5.72. The van der Waals surface area contributed by atoms with Crippen molar-refractivity contribution >= 4 is 29.9 Å². The van der Waals surface area contributed by atoms with Crippen LogP contribution in [-0.4, -0.2) is 44.2 Å². The molecule has 0 radical (unpaired) electrons. The van der Waals surface area contributed by atoms with Crippen molar-refractivity contribution in [2.75, 3.05) is 13.6 Å². The van der Waals surface area contributed by atoms with Gasteiger partial charge in [0.25, 0.3) is 0 Å². The van der Waals surface area contributed by atoms with E-state index in [4.69, 9.17) is 4.42 Å². The van der Waals surface area contributed by atoms with E-state index in [-0.39, 0.29) is 24.0 Å². The molecule has 0 aliphatic rings. The first-order chi connectivity index (χ1) is 12.2. The summed E-state index contributed by atoms with van der Waals surface area (Å²) in [6.45, 7) is 4.02. The number of rotatable bonds is 6. The Labute approximate surface area is 169 Å². The van der Waals surface area contributed by atoms with Crippen LogP contribution in [-0.2, 0) is 20.1 Å². The van der Waals surface area contributed by atoms with Gasteiger partial charge in [0, 0.05) is 32.5 Å². The van der Waals surface area contributed by atoms with Gasteiger partial charge in [-0.05, 0) is 31.2 Å². The minimum absolute atomic E-state index is 0. The molecule has 9 heteroatoms. The lowest BCUT2D eigenvalue weighted by atomic mass is 10.4. The van der Waals surface area contributed by atoms with E-state index in [1.165, 1.54) is 5.69 Å². The molecule has 0 aromatic carbocycles. The van der Waals surface area contributed by atoms with Gasteiger partial charge in [-0.1, -0.05) is 0 Å². The number of nitrogens with one attached hydrogen (secondary N) is 2. The van der Waals surface area contributed by atoms with Crippen molar-refractivity contribution in [3.05, 3.63) is 48.2 Å². The third kappa shape index (κ3) is 4.87. The third-order valence-electron chi connectivity index (χ3n) is 3.80. The van der Waals surface area contributed by atoms with E-state index in [0.29, 0.717) is 24.0 Å². The topological polar surface area (TPSA) is 87.3 Å². The number of furan rings is 1. The Hall–Kier alpha value is -2.30. The number of nitrogens with zero attached hydrogens (tertiary/aromatic N) is 5. The molecule has 0 fully saturated rings. The summed E-state index contributed by atoms with van der Waals surface area (Å²) in [5.74, 6) is 2.69. The van der Waals surface area contributed by atoms with E-state index < -0.39 is 0 Å². The number of guanidine groups is 1. The first kappa shape index (κ1) is 20.0. The molecule has 3 heterocycles. The summed E-state index contributed by atoms with van der Waals surface area (Å²) >= 11 is 0. The predicted octanol–water partition coefficient (Wildman–Crippen LogP) is 2.62. The lowest BCUT2D eigenvalue weighted by Crippen LogP contribution is -2.38. The molecule has 0 saturated carbocycles. The van der Waals surface area contributed by atoms with Crippen molar-refractivity contribution in [2.24, 2.45) is 12.0 Å². The van der Waals surface area contributed by atoms with E-state index in [1.54, 1.807) is 6.26 Å².